The van der Waals surface area contributed by atoms with Crippen LogP contribution < -0.4 is 0 Å². The smallest absolute Gasteiger partial charge is 0.336 e. The summed E-state index contributed by atoms with van der Waals surface area (Å²) < 4.78 is 0. The minimum Gasteiger partial charge on any atom is -0.479 e. The summed E-state index contributed by atoms with van der Waals surface area (Å²) in [4.78, 5) is 11.0. The van der Waals surface area contributed by atoms with E-state index in [9.17, 15) is 9.90 Å². The Balaban J connectivity index is 2.95. The van der Waals surface area contributed by atoms with Crippen LogP contribution in [-0.4, -0.2) is 21.8 Å². The highest BCUT2D eigenvalue weighted by Crippen LogP contribution is 2.42. The Morgan fingerprint density at radius 1 is 1.15 bits per heavy atom. The van der Waals surface area contributed by atoms with Gasteiger partial charge in [0.2, 0.25) is 0 Å². The molecular weight excluding hydrogens is 168 g/mol. The minimum atomic E-state index is -1.52. The van der Waals surface area contributed by atoms with Crippen molar-refractivity contribution in [3.8, 4) is 0 Å². The minimum absolute atomic E-state index is 0.384. The summed E-state index contributed by atoms with van der Waals surface area (Å²) in [5.41, 5.74) is -2.03. The zero-order chi connectivity index (χ0) is 10.1. The molecule has 0 aromatic heterocycles. The standard InChI is InChI=1S/C10H18O3/c1-9(2)6-4-3-5-7-10(9,13)8(11)12/h13H,3-7H2,1-2H3,(H,11,12). The highest BCUT2D eigenvalue weighted by atomic mass is 16.4. The number of hydrogen-bond acceptors (Lipinski definition) is 2. The van der Waals surface area contributed by atoms with Gasteiger partial charge in [0.05, 0.1) is 0 Å². The number of carboxylic acid groups (broad SMARTS) is 1. The van der Waals surface area contributed by atoms with Crippen molar-refractivity contribution in [3.63, 3.8) is 0 Å². The maximum Gasteiger partial charge on any atom is 0.336 e. The number of carbonyl (C=O) groups is 1. The fourth-order valence-electron chi connectivity index (χ4n) is 2.07. The van der Waals surface area contributed by atoms with Gasteiger partial charge >= 0.3 is 5.97 Å². The van der Waals surface area contributed by atoms with Gasteiger partial charge in [-0.1, -0.05) is 26.7 Å². The molecule has 2 N–H and O–H groups in total. The van der Waals surface area contributed by atoms with E-state index in [4.69, 9.17) is 5.11 Å². The number of aliphatic hydroxyl groups is 1. The van der Waals surface area contributed by atoms with Crippen molar-refractivity contribution >= 4 is 5.97 Å². The van der Waals surface area contributed by atoms with Crippen molar-refractivity contribution in [2.75, 3.05) is 0 Å². The molecular formula is C10H18O3. The van der Waals surface area contributed by atoms with Crippen molar-refractivity contribution in [1.29, 1.82) is 0 Å². The van der Waals surface area contributed by atoms with E-state index in [1.54, 1.807) is 0 Å². The second-order valence-corrected chi connectivity index (χ2v) is 4.61. The van der Waals surface area contributed by atoms with Gasteiger partial charge in [-0.15, -0.1) is 0 Å². The molecule has 76 valence electrons. The van der Waals surface area contributed by atoms with Gasteiger partial charge in [0.15, 0.2) is 5.60 Å². The van der Waals surface area contributed by atoms with Crippen LogP contribution >= 0.6 is 0 Å². The Bertz CT molecular complexity index is 210. The summed E-state index contributed by atoms with van der Waals surface area (Å²) in [5.74, 6) is -1.07. The molecule has 0 aliphatic heterocycles. The van der Waals surface area contributed by atoms with E-state index in [2.05, 4.69) is 0 Å². The van der Waals surface area contributed by atoms with Crippen molar-refractivity contribution in [1.82, 2.24) is 0 Å². The van der Waals surface area contributed by atoms with E-state index in [1.807, 2.05) is 13.8 Å². The lowest BCUT2D eigenvalue weighted by Gasteiger charge is -2.37. The lowest BCUT2D eigenvalue weighted by molar-refractivity contribution is -0.173. The first-order chi connectivity index (χ1) is 5.90. The van der Waals surface area contributed by atoms with Crippen LogP contribution in [0.15, 0.2) is 0 Å². The molecule has 1 atom stereocenters. The number of aliphatic carboxylic acids is 1. The maximum absolute atomic E-state index is 11.0. The first kappa shape index (κ1) is 10.5. The van der Waals surface area contributed by atoms with Gasteiger partial charge in [-0.2, -0.15) is 0 Å². The van der Waals surface area contributed by atoms with Gasteiger partial charge in [-0.05, 0) is 19.3 Å². The molecule has 1 saturated carbocycles. The molecule has 0 saturated heterocycles. The SMILES string of the molecule is CC1(C)CCCCCC1(O)C(=O)O. The molecule has 3 heteroatoms. The highest BCUT2D eigenvalue weighted by Gasteiger charge is 2.49. The Morgan fingerprint density at radius 2 is 1.69 bits per heavy atom. The molecule has 0 radical (unpaired) electrons. The van der Waals surface area contributed by atoms with Crippen LogP contribution in [0, 0.1) is 5.41 Å². The quantitative estimate of drug-likeness (QED) is 0.614. The summed E-state index contributed by atoms with van der Waals surface area (Å²) in [6.45, 7) is 3.68. The molecule has 0 heterocycles. The van der Waals surface area contributed by atoms with Crippen LogP contribution in [0.25, 0.3) is 0 Å². The fraction of sp³-hybridized carbons (Fsp3) is 0.900. The topological polar surface area (TPSA) is 57.5 Å². The van der Waals surface area contributed by atoms with Gasteiger partial charge in [-0.3, -0.25) is 0 Å². The lowest BCUT2D eigenvalue weighted by atomic mass is 9.71. The third-order valence-corrected chi connectivity index (χ3v) is 3.31. The zero-order valence-corrected chi connectivity index (χ0v) is 8.34. The molecule has 0 aromatic carbocycles. The Labute approximate surface area is 78.8 Å². The monoisotopic (exact) mass is 186 g/mol. The predicted octanol–water partition coefficient (Wildman–Crippen LogP) is 1.79. The summed E-state index contributed by atoms with van der Waals surface area (Å²) >= 11 is 0. The number of hydrogen-bond donors (Lipinski definition) is 2. The third-order valence-electron chi connectivity index (χ3n) is 3.31. The molecule has 1 aliphatic rings. The lowest BCUT2D eigenvalue weighted by Crippen LogP contribution is -2.50. The van der Waals surface area contributed by atoms with E-state index < -0.39 is 17.0 Å². The fourth-order valence-corrected chi connectivity index (χ4v) is 2.07. The second kappa shape index (κ2) is 3.29. The second-order valence-electron chi connectivity index (χ2n) is 4.61. The van der Waals surface area contributed by atoms with Gasteiger partial charge in [0, 0.05) is 5.41 Å². The Morgan fingerprint density at radius 3 is 2.23 bits per heavy atom. The maximum atomic E-state index is 11.0. The van der Waals surface area contributed by atoms with Crippen LogP contribution in [0.2, 0.25) is 0 Å². The van der Waals surface area contributed by atoms with Crippen molar-refractivity contribution < 1.29 is 15.0 Å². The molecule has 13 heavy (non-hydrogen) atoms. The average molecular weight is 186 g/mol. The predicted molar refractivity (Wildman–Crippen MR) is 49.5 cm³/mol. The molecule has 0 aromatic rings. The van der Waals surface area contributed by atoms with Crippen molar-refractivity contribution in [2.24, 2.45) is 5.41 Å². The van der Waals surface area contributed by atoms with Gasteiger partial charge in [-0.25, -0.2) is 4.79 Å². The van der Waals surface area contributed by atoms with Gasteiger partial charge < -0.3 is 10.2 Å². The van der Waals surface area contributed by atoms with Crippen molar-refractivity contribution in [3.05, 3.63) is 0 Å². The molecule has 1 unspecified atom stereocenters. The summed E-state index contributed by atoms with van der Waals surface area (Å²) in [7, 11) is 0. The summed E-state index contributed by atoms with van der Waals surface area (Å²) in [6, 6.07) is 0. The van der Waals surface area contributed by atoms with E-state index in [-0.39, 0.29) is 0 Å². The molecule has 1 fully saturated rings. The van der Waals surface area contributed by atoms with E-state index in [0.29, 0.717) is 6.42 Å². The van der Waals surface area contributed by atoms with Crippen molar-refractivity contribution in [2.45, 2.75) is 51.6 Å². The molecule has 1 aliphatic carbocycles. The van der Waals surface area contributed by atoms with Crippen LogP contribution in [0.4, 0.5) is 0 Å². The van der Waals surface area contributed by atoms with E-state index in [1.165, 1.54) is 0 Å². The number of carboxylic acids is 1. The average Bonchev–Trinajstić information content (AvgIpc) is 2.13. The Kier molecular flexibility index (Phi) is 2.66. The largest absolute Gasteiger partial charge is 0.479 e. The first-order valence-electron chi connectivity index (χ1n) is 4.86. The summed E-state index contributed by atoms with van der Waals surface area (Å²) in [5, 5.41) is 19.1. The molecule has 0 amide bonds. The van der Waals surface area contributed by atoms with Crippen LogP contribution in [0.5, 0.6) is 0 Å². The molecule has 1 rings (SSSR count). The third kappa shape index (κ3) is 1.70. The van der Waals surface area contributed by atoms with Gasteiger partial charge in [0.1, 0.15) is 0 Å². The zero-order valence-electron chi connectivity index (χ0n) is 8.34. The molecule has 0 bridgehead atoms. The Hall–Kier alpha value is -0.570. The van der Waals surface area contributed by atoms with Crippen LogP contribution in [-0.2, 0) is 4.79 Å². The molecule has 3 nitrogen and oxygen atoms in total. The number of rotatable bonds is 1. The van der Waals surface area contributed by atoms with Gasteiger partial charge in [0.25, 0.3) is 0 Å². The summed E-state index contributed by atoms with van der Waals surface area (Å²) in [6.07, 6.45) is 4.03. The highest BCUT2D eigenvalue weighted by molar-refractivity contribution is 5.78. The van der Waals surface area contributed by atoms with Crippen LogP contribution in [0.3, 0.4) is 0 Å². The van der Waals surface area contributed by atoms with E-state index in [0.717, 1.165) is 25.7 Å². The first-order valence-corrected chi connectivity index (χ1v) is 4.86. The van der Waals surface area contributed by atoms with Crippen LogP contribution in [0.1, 0.15) is 46.0 Å². The normalized spacial score (nSPS) is 33.8. The van der Waals surface area contributed by atoms with E-state index >= 15 is 0 Å². The molecule has 0 spiro atoms.